The van der Waals surface area contributed by atoms with Crippen LogP contribution in [-0.2, 0) is 9.47 Å². The van der Waals surface area contributed by atoms with Crippen LogP contribution in [-0.4, -0.2) is 67.9 Å². The minimum atomic E-state index is 0.00712. The van der Waals surface area contributed by atoms with Crippen LogP contribution in [0.15, 0.2) is 12.4 Å². The number of ether oxygens (including phenoxy) is 2. The van der Waals surface area contributed by atoms with Crippen molar-refractivity contribution in [2.45, 2.75) is 25.0 Å². The molecule has 0 N–H and O–H groups in total. The molecule has 1 unspecified atom stereocenters. The van der Waals surface area contributed by atoms with Gasteiger partial charge in [0.15, 0.2) is 5.82 Å². The van der Waals surface area contributed by atoms with E-state index in [9.17, 15) is 0 Å². The van der Waals surface area contributed by atoms with Crippen molar-refractivity contribution in [1.82, 2.24) is 14.9 Å². The molecule has 0 spiro atoms. The Hall–Kier alpha value is -1.24. The number of morpholine rings is 1. The zero-order chi connectivity index (χ0) is 14.7. The van der Waals surface area contributed by atoms with Crippen molar-refractivity contribution in [2.75, 3.05) is 51.9 Å². The van der Waals surface area contributed by atoms with Gasteiger partial charge in [-0.2, -0.15) is 0 Å². The number of hydrogen-bond acceptors (Lipinski definition) is 6. The summed E-state index contributed by atoms with van der Waals surface area (Å²) in [5.74, 6) is 0.899. The summed E-state index contributed by atoms with van der Waals surface area (Å²) in [6.45, 7) is 4.40. The molecule has 2 aliphatic heterocycles. The summed E-state index contributed by atoms with van der Waals surface area (Å²) in [5.41, 5.74) is 0.944. The Morgan fingerprint density at radius 3 is 2.67 bits per heavy atom. The summed E-state index contributed by atoms with van der Waals surface area (Å²) in [5, 5.41) is 0. The number of anilines is 1. The minimum absolute atomic E-state index is 0.00712. The van der Waals surface area contributed by atoms with Crippen molar-refractivity contribution in [3.05, 3.63) is 18.1 Å². The molecule has 2 fully saturated rings. The third kappa shape index (κ3) is 3.33. The quantitative estimate of drug-likeness (QED) is 0.831. The Labute approximate surface area is 126 Å². The van der Waals surface area contributed by atoms with Gasteiger partial charge in [-0.05, 0) is 12.8 Å². The Morgan fingerprint density at radius 1 is 1.14 bits per heavy atom. The molecular formula is C15H24N4O2. The molecule has 116 valence electrons. The summed E-state index contributed by atoms with van der Waals surface area (Å²) < 4.78 is 11.4. The Kier molecular flexibility index (Phi) is 4.67. The van der Waals surface area contributed by atoms with E-state index < -0.39 is 0 Å². The van der Waals surface area contributed by atoms with E-state index in [4.69, 9.17) is 9.47 Å². The van der Waals surface area contributed by atoms with E-state index in [1.807, 2.05) is 19.0 Å². The van der Waals surface area contributed by atoms with E-state index >= 15 is 0 Å². The first kappa shape index (κ1) is 14.7. The SMILES string of the molecule is CN(C)c1nccnc1C1CN(C2CCOCC2)CCO1. The van der Waals surface area contributed by atoms with E-state index in [1.54, 1.807) is 12.4 Å². The van der Waals surface area contributed by atoms with Crippen LogP contribution in [0, 0.1) is 0 Å². The fourth-order valence-electron chi connectivity index (χ4n) is 3.13. The van der Waals surface area contributed by atoms with E-state index in [0.29, 0.717) is 6.04 Å². The second-order valence-corrected chi connectivity index (χ2v) is 5.86. The molecule has 21 heavy (non-hydrogen) atoms. The van der Waals surface area contributed by atoms with E-state index in [1.165, 1.54) is 0 Å². The van der Waals surface area contributed by atoms with Crippen molar-refractivity contribution >= 4 is 5.82 Å². The standard InChI is InChI=1S/C15H24N4O2/c1-18(2)15-14(16-5-6-17-15)13-11-19(7-10-21-13)12-3-8-20-9-4-12/h5-6,12-13H,3-4,7-11H2,1-2H3. The fourth-order valence-corrected chi connectivity index (χ4v) is 3.13. The number of rotatable bonds is 3. The summed E-state index contributed by atoms with van der Waals surface area (Å²) >= 11 is 0. The van der Waals surface area contributed by atoms with Gasteiger partial charge in [0, 0.05) is 58.8 Å². The highest BCUT2D eigenvalue weighted by atomic mass is 16.5. The minimum Gasteiger partial charge on any atom is -0.381 e. The average Bonchev–Trinajstić information content (AvgIpc) is 2.56. The second kappa shape index (κ2) is 6.68. The molecule has 0 aliphatic carbocycles. The monoisotopic (exact) mass is 292 g/mol. The van der Waals surface area contributed by atoms with E-state index in [-0.39, 0.29) is 6.10 Å². The Morgan fingerprint density at radius 2 is 1.90 bits per heavy atom. The van der Waals surface area contributed by atoms with Crippen LogP contribution in [0.3, 0.4) is 0 Å². The highest BCUT2D eigenvalue weighted by Crippen LogP contribution is 2.28. The van der Waals surface area contributed by atoms with Gasteiger partial charge in [-0.3, -0.25) is 9.88 Å². The van der Waals surface area contributed by atoms with Crippen molar-refractivity contribution in [1.29, 1.82) is 0 Å². The van der Waals surface area contributed by atoms with E-state index in [2.05, 4.69) is 14.9 Å². The first-order valence-corrected chi connectivity index (χ1v) is 7.67. The van der Waals surface area contributed by atoms with Crippen molar-refractivity contribution in [2.24, 2.45) is 0 Å². The molecular weight excluding hydrogens is 268 g/mol. The first-order valence-electron chi connectivity index (χ1n) is 7.67. The largest absolute Gasteiger partial charge is 0.381 e. The molecule has 1 atom stereocenters. The third-order valence-corrected chi connectivity index (χ3v) is 4.24. The van der Waals surface area contributed by atoms with Gasteiger partial charge < -0.3 is 14.4 Å². The van der Waals surface area contributed by atoms with Crippen molar-refractivity contribution < 1.29 is 9.47 Å². The summed E-state index contributed by atoms with van der Waals surface area (Å²) in [4.78, 5) is 13.5. The van der Waals surface area contributed by atoms with E-state index in [0.717, 1.165) is 57.3 Å². The number of nitrogens with zero attached hydrogens (tertiary/aromatic N) is 4. The Bertz CT molecular complexity index is 463. The molecule has 0 saturated carbocycles. The lowest BCUT2D eigenvalue weighted by molar-refractivity contribution is -0.0646. The molecule has 0 bridgehead atoms. The maximum Gasteiger partial charge on any atom is 0.152 e. The van der Waals surface area contributed by atoms with Crippen LogP contribution in [0.4, 0.5) is 5.82 Å². The van der Waals surface area contributed by atoms with Gasteiger partial charge in [0.25, 0.3) is 0 Å². The number of aromatic nitrogens is 2. The lowest BCUT2D eigenvalue weighted by atomic mass is 10.0. The lowest BCUT2D eigenvalue weighted by Crippen LogP contribution is -2.47. The van der Waals surface area contributed by atoms with Gasteiger partial charge >= 0.3 is 0 Å². The number of hydrogen-bond donors (Lipinski definition) is 0. The predicted molar refractivity (Wildman–Crippen MR) is 80.5 cm³/mol. The molecule has 3 heterocycles. The average molecular weight is 292 g/mol. The molecule has 3 rings (SSSR count). The maximum atomic E-state index is 5.97. The second-order valence-electron chi connectivity index (χ2n) is 5.86. The van der Waals surface area contributed by atoms with Crippen LogP contribution in [0.5, 0.6) is 0 Å². The zero-order valence-electron chi connectivity index (χ0n) is 12.9. The topological polar surface area (TPSA) is 50.7 Å². The predicted octanol–water partition coefficient (Wildman–Crippen LogP) is 1.09. The van der Waals surface area contributed by atoms with Gasteiger partial charge in [-0.1, -0.05) is 0 Å². The smallest absolute Gasteiger partial charge is 0.152 e. The van der Waals surface area contributed by atoms with Crippen molar-refractivity contribution in [3.63, 3.8) is 0 Å². The van der Waals surface area contributed by atoms with Gasteiger partial charge in [-0.25, -0.2) is 4.98 Å². The third-order valence-electron chi connectivity index (χ3n) is 4.24. The van der Waals surface area contributed by atoms with Crippen molar-refractivity contribution in [3.8, 4) is 0 Å². The van der Waals surface area contributed by atoms with Crippen LogP contribution in [0.25, 0.3) is 0 Å². The summed E-state index contributed by atoms with van der Waals surface area (Å²) in [6, 6.07) is 0.615. The molecule has 0 aromatic carbocycles. The first-order chi connectivity index (χ1) is 10.3. The highest BCUT2D eigenvalue weighted by molar-refractivity contribution is 5.42. The van der Waals surface area contributed by atoms with Crippen LogP contribution >= 0.6 is 0 Å². The summed E-state index contributed by atoms with van der Waals surface area (Å²) in [7, 11) is 3.99. The molecule has 1 aromatic rings. The molecule has 1 aromatic heterocycles. The molecule has 6 nitrogen and oxygen atoms in total. The Balaban J connectivity index is 1.73. The van der Waals surface area contributed by atoms with Gasteiger partial charge in [0.05, 0.1) is 6.61 Å². The van der Waals surface area contributed by atoms with Gasteiger partial charge in [-0.15, -0.1) is 0 Å². The molecule has 6 heteroatoms. The lowest BCUT2D eigenvalue weighted by Gasteiger charge is -2.40. The molecule has 2 saturated heterocycles. The molecule has 2 aliphatic rings. The maximum absolute atomic E-state index is 5.97. The molecule has 0 amide bonds. The van der Waals surface area contributed by atoms with Gasteiger partial charge in [0.2, 0.25) is 0 Å². The highest BCUT2D eigenvalue weighted by Gasteiger charge is 2.30. The van der Waals surface area contributed by atoms with Crippen LogP contribution in [0.1, 0.15) is 24.6 Å². The zero-order valence-corrected chi connectivity index (χ0v) is 12.9. The summed E-state index contributed by atoms with van der Waals surface area (Å²) in [6.07, 6.45) is 5.73. The van der Waals surface area contributed by atoms with Gasteiger partial charge in [0.1, 0.15) is 11.8 Å². The van der Waals surface area contributed by atoms with Crippen LogP contribution in [0.2, 0.25) is 0 Å². The molecule has 0 radical (unpaired) electrons. The fraction of sp³-hybridized carbons (Fsp3) is 0.733. The van der Waals surface area contributed by atoms with Crippen LogP contribution < -0.4 is 4.90 Å². The normalized spacial score (nSPS) is 25.0.